The zero-order chi connectivity index (χ0) is 7.15. The molecular formula is H6O6P2Ru. The van der Waals surface area contributed by atoms with Crippen LogP contribution >= 0.6 is 16.5 Å². The van der Waals surface area contributed by atoms with Gasteiger partial charge in [0.2, 0.25) is 0 Å². The van der Waals surface area contributed by atoms with Crippen molar-refractivity contribution in [2.45, 2.75) is 0 Å². The summed E-state index contributed by atoms with van der Waals surface area (Å²) in [6, 6.07) is 0. The summed E-state index contributed by atoms with van der Waals surface area (Å²) >= 11 is 0. The third-order valence-corrected chi connectivity index (χ3v) is 0. The van der Waals surface area contributed by atoms with Gasteiger partial charge in [-0.3, -0.25) is 9.13 Å². The summed E-state index contributed by atoms with van der Waals surface area (Å²) in [5.41, 5.74) is 0. The van der Waals surface area contributed by atoms with Crippen molar-refractivity contribution in [1.29, 1.82) is 0 Å². The average molecular weight is 265 g/mol. The Labute approximate surface area is 65.2 Å². The summed E-state index contributed by atoms with van der Waals surface area (Å²) < 4.78 is 17.5. The second-order valence-corrected chi connectivity index (χ2v) is 1.70. The Morgan fingerprint density at radius 1 is 0.778 bits per heavy atom. The van der Waals surface area contributed by atoms with E-state index in [4.69, 9.17) is 28.7 Å². The van der Waals surface area contributed by atoms with Crippen LogP contribution in [0.5, 0.6) is 0 Å². The van der Waals surface area contributed by atoms with Crippen LogP contribution in [0.15, 0.2) is 0 Å². The fourth-order valence-electron chi connectivity index (χ4n) is 0. The van der Waals surface area contributed by atoms with E-state index in [1.165, 1.54) is 0 Å². The van der Waals surface area contributed by atoms with Gasteiger partial charge in [0, 0.05) is 19.5 Å². The van der Waals surface area contributed by atoms with Crippen LogP contribution in [0.3, 0.4) is 0 Å². The summed E-state index contributed by atoms with van der Waals surface area (Å²) in [4.78, 5) is 28.6. The van der Waals surface area contributed by atoms with E-state index < -0.39 is 16.5 Å². The normalized spacial score (nSPS) is 7.78. The predicted octanol–water partition coefficient (Wildman–Crippen LogP) is -1.28. The van der Waals surface area contributed by atoms with E-state index >= 15 is 0 Å². The van der Waals surface area contributed by atoms with E-state index in [2.05, 4.69) is 0 Å². The zero-order valence-electron chi connectivity index (χ0n) is 3.96. The first-order valence-electron chi connectivity index (χ1n) is 1.30. The molecule has 0 aliphatic carbocycles. The third kappa shape index (κ3) is 502. The van der Waals surface area contributed by atoms with E-state index in [1.54, 1.807) is 0 Å². The van der Waals surface area contributed by atoms with E-state index in [-0.39, 0.29) is 19.5 Å². The number of hydrogen-bond donors (Lipinski definition) is 4. The minimum absolute atomic E-state index is 0. The molecule has 0 unspecified atom stereocenters. The monoisotopic (exact) mass is 266 g/mol. The minimum atomic E-state index is -3.13. The molecule has 0 aromatic rings. The van der Waals surface area contributed by atoms with Crippen molar-refractivity contribution in [3.63, 3.8) is 0 Å². The van der Waals surface area contributed by atoms with Crippen molar-refractivity contribution in [1.82, 2.24) is 0 Å². The van der Waals surface area contributed by atoms with Crippen molar-refractivity contribution in [2.75, 3.05) is 0 Å². The van der Waals surface area contributed by atoms with Crippen LogP contribution in [-0.2, 0) is 28.6 Å². The maximum Gasteiger partial charge on any atom is 0.314 e. The molecule has 0 rings (SSSR count). The summed E-state index contributed by atoms with van der Waals surface area (Å²) in [6.45, 7) is 0. The standard InChI is InChI=1S/2H3O3P.Ru/c2*1-4(2)3;/h2*4H,(H2,1,2,3);. The molecule has 0 heterocycles. The van der Waals surface area contributed by atoms with Gasteiger partial charge < -0.3 is 19.6 Å². The van der Waals surface area contributed by atoms with Crippen LogP contribution in [0, 0.1) is 0 Å². The SMILES string of the molecule is O=[PH](O)O.O=[PH](O)O.[Ru]. The van der Waals surface area contributed by atoms with Crippen LogP contribution in [0.25, 0.3) is 0 Å². The Morgan fingerprint density at radius 3 is 0.778 bits per heavy atom. The molecule has 60 valence electrons. The number of hydrogen-bond acceptors (Lipinski definition) is 2. The second-order valence-electron chi connectivity index (χ2n) is 0.565. The molecule has 0 fully saturated rings. The molecule has 9 heteroatoms. The Hall–Kier alpha value is 0.923. The van der Waals surface area contributed by atoms with E-state index in [0.717, 1.165) is 0 Å². The van der Waals surface area contributed by atoms with Gasteiger partial charge in [-0.25, -0.2) is 0 Å². The van der Waals surface area contributed by atoms with Gasteiger partial charge >= 0.3 is 16.5 Å². The van der Waals surface area contributed by atoms with Crippen molar-refractivity contribution in [3.8, 4) is 0 Å². The molecular weight excluding hydrogens is 259 g/mol. The molecule has 0 atom stereocenters. The second kappa shape index (κ2) is 11.7. The van der Waals surface area contributed by atoms with E-state index in [9.17, 15) is 0 Å². The zero-order valence-corrected chi connectivity index (χ0v) is 7.70. The Morgan fingerprint density at radius 2 is 0.778 bits per heavy atom. The van der Waals surface area contributed by atoms with Gasteiger partial charge in [0.1, 0.15) is 0 Å². The van der Waals surface area contributed by atoms with Gasteiger partial charge in [-0.2, -0.15) is 0 Å². The van der Waals surface area contributed by atoms with Gasteiger partial charge in [0.15, 0.2) is 0 Å². The van der Waals surface area contributed by atoms with Gasteiger partial charge in [-0.05, 0) is 0 Å². The summed E-state index contributed by atoms with van der Waals surface area (Å²) in [7, 11) is -6.26. The first-order chi connectivity index (χ1) is 3.46. The van der Waals surface area contributed by atoms with Gasteiger partial charge in [0.05, 0.1) is 0 Å². The van der Waals surface area contributed by atoms with Crippen molar-refractivity contribution in [2.24, 2.45) is 0 Å². The quantitative estimate of drug-likeness (QED) is 0.320. The van der Waals surface area contributed by atoms with Gasteiger partial charge in [0.25, 0.3) is 0 Å². The fraction of sp³-hybridized carbons (Fsp3) is 0. The molecule has 6 nitrogen and oxygen atoms in total. The Balaban J connectivity index is -0.0000000720. The first-order valence-corrected chi connectivity index (χ1v) is 3.91. The molecule has 0 bridgehead atoms. The molecule has 0 amide bonds. The minimum Gasteiger partial charge on any atom is -0.326 e. The number of rotatable bonds is 0. The van der Waals surface area contributed by atoms with Crippen molar-refractivity contribution in [3.05, 3.63) is 0 Å². The Bertz CT molecular complexity index is 69.1. The molecule has 4 N–H and O–H groups in total. The fourth-order valence-corrected chi connectivity index (χ4v) is 0. The third-order valence-electron chi connectivity index (χ3n) is 0. The molecule has 0 aromatic heterocycles. The molecule has 9 heavy (non-hydrogen) atoms. The molecule has 0 radical (unpaired) electrons. The summed E-state index contributed by atoms with van der Waals surface area (Å²) in [5, 5.41) is 0. The molecule has 0 saturated heterocycles. The van der Waals surface area contributed by atoms with Crippen molar-refractivity contribution < 1.29 is 48.2 Å². The average Bonchev–Trinajstić information content (AvgIpc) is 1.25. The topological polar surface area (TPSA) is 115 Å². The van der Waals surface area contributed by atoms with Crippen LogP contribution in [0.1, 0.15) is 0 Å². The van der Waals surface area contributed by atoms with Crippen LogP contribution in [-0.4, -0.2) is 19.6 Å². The van der Waals surface area contributed by atoms with Gasteiger partial charge in [-0.15, -0.1) is 0 Å². The maximum atomic E-state index is 8.74. The van der Waals surface area contributed by atoms with E-state index in [1.807, 2.05) is 0 Å². The summed E-state index contributed by atoms with van der Waals surface area (Å²) in [6.07, 6.45) is 0. The van der Waals surface area contributed by atoms with Crippen LogP contribution in [0.4, 0.5) is 0 Å². The Kier molecular flexibility index (Phi) is 21.4. The van der Waals surface area contributed by atoms with Crippen LogP contribution < -0.4 is 0 Å². The largest absolute Gasteiger partial charge is 0.326 e. The van der Waals surface area contributed by atoms with Crippen LogP contribution in [0.2, 0.25) is 0 Å². The smallest absolute Gasteiger partial charge is 0.314 e. The molecule has 0 aliphatic rings. The molecule has 0 saturated carbocycles. The molecule has 0 aliphatic heterocycles. The van der Waals surface area contributed by atoms with Crippen molar-refractivity contribution >= 4 is 16.5 Å². The summed E-state index contributed by atoms with van der Waals surface area (Å²) in [5.74, 6) is 0. The molecule has 0 spiro atoms. The van der Waals surface area contributed by atoms with Gasteiger partial charge in [-0.1, -0.05) is 0 Å². The maximum absolute atomic E-state index is 8.74. The molecule has 0 aromatic carbocycles. The first kappa shape index (κ1) is 16.5. The van der Waals surface area contributed by atoms with E-state index in [0.29, 0.717) is 0 Å². The predicted molar refractivity (Wildman–Crippen MR) is 26.9 cm³/mol.